The maximum absolute atomic E-state index is 12.7. The van der Waals surface area contributed by atoms with Gasteiger partial charge in [-0.2, -0.15) is 0 Å². The summed E-state index contributed by atoms with van der Waals surface area (Å²) in [4.78, 5) is 43.2. The third kappa shape index (κ3) is 3.40. The summed E-state index contributed by atoms with van der Waals surface area (Å²) >= 11 is 0.690. The van der Waals surface area contributed by atoms with Gasteiger partial charge in [0.05, 0.1) is 23.2 Å². The minimum Gasteiger partial charge on any atom is -0.344 e. The van der Waals surface area contributed by atoms with E-state index in [4.69, 9.17) is 4.98 Å². The second kappa shape index (κ2) is 7.01. The van der Waals surface area contributed by atoms with E-state index < -0.39 is 5.41 Å². The molecule has 28 heavy (non-hydrogen) atoms. The lowest BCUT2D eigenvalue weighted by Gasteiger charge is -2.26. The van der Waals surface area contributed by atoms with E-state index in [1.807, 2.05) is 32.9 Å². The lowest BCUT2D eigenvalue weighted by Crippen LogP contribution is -2.38. The Balaban J connectivity index is 1.74. The van der Waals surface area contributed by atoms with Crippen molar-refractivity contribution in [3.8, 4) is 11.3 Å². The molecule has 0 bridgehead atoms. The Kier molecular flexibility index (Phi) is 4.66. The third-order valence-corrected chi connectivity index (χ3v) is 5.84. The van der Waals surface area contributed by atoms with Crippen LogP contribution >= 0.6 is 11.8 Å². The van der Waals surface area contributed by atoms with Crippen molar-refractivity contribution < 1.29 is 9.59 Å². The molecule has 1 amide bonds. The first-order chi connectivity index (χ1) is 13.3. The van der Waals surface area contributed by atoms with E-state index in [0.29, 0.717) is 52.3 Å². The number of fused-ring (bicyclic) bond motifs is 1. The molecule has 0 aliphatic carbocycles. The summed E-state index contributed by atoms with van der Waals surface area (Å²) in [6.45, 7) is 6.35. The molecule has 1 N–H and O–H groups in total. The topological polar surface area (TPSA) is 91.8 Å². The van der Waals surface area contributed by atoms with Crippen molar-refractivity contribution in [1.29, 1.82) is 0 Å². The van der Waals surface area contributed by atoms with Crippen LogP contribution in [0.2, 0.25) is 0 Å². The zero-order valence-corrected chi connectivity index (χ0v) is 17.1. The second-order valence-corrected chi connectivity index (χ2v) is 9.21. The number of H-pyrrole nitrogens is 1. The van der Waals surface area contributed by atoms with E-state index in [1.54, 1.807) is 23.5 Å². The van der Waals surface area contributed by atoms with E-state index >= 15 is 0 Å². The van der Waals surface area contributed by atoms with Gasteiger partial charge in [0, 0.05) is 29.9 Å². The largest absolute Gasteiger partial charge is 0.344 e. The number of anilines is 1. The van der Waals surface area contributed by atoms with Gasteiger partial charge in [0.2, 0.25) is 5.91 Å². The summed E-state index contributed by atoms with van der Waals surface area (Å²) < 4.78 is 0. The fourth-order valence-electron chi connectivity index (χ4n) is 3.18. The Hall–Kier alpha value is -2.74. The number of aromatic amines is 1. The molecule has 4 rings (SSSR count). The van der Waals surface area contributed by atoms with Crippen LogP contribution in [0.3, 0.4) is 0 Å². The average Bonchev–Trinajstić information content (AvgIpc) is 3.10. The average molecular weight is 398 g/mol. The van der Waals surface area contributed by atoms with E-state index in [0.717, 1.165) is 11.3 Å². The number of hydrogen-bond acceptors (Lipinski definition) is 5. The minimum atomic E-state index is -0.508. The molecule has 0 atom stereocenters. The molecule has 1 aliphatic heterocycles. The fourth-order valence-corrected chi connectivity index (χ4v) is 4.14. The van der Waals surface area contributed by atoms with Crippen LogP contribution in [-0.4, -0.2) is 49.7 Å². The van der Waals surface area contributed by atoms with Crippen molar-refractivity contribution >= 4 is 40.4 Å². The van der Waals surface area contributed by atoms with Crippen molar-refractivity contribution in [2.45, 2.75) is 20.8 Å². The second-order valence-electron chi connectivity index (χ2n) is 7.86. The van der Waals surface area contributed by atoms with Crippen LogP contribution in [0.5, 0.6) is 0 Å². The lowest BCUT2D eigenvalue weighted by molar-refractivity contribution is -0.116. The van der Waals surface area contributed by atoms with Crippen LogP contribution < -0.4 is 4.90 Å². The summed E-state index contributed by atoms with van der Waals surface area (Å²) in [5, 5.41) is 0. The Labute approximate surface area is 167 Å². The van der Waals surface area contributed by atoms with Crippen LogP contribution in [0.15, 0.2) is 30.7 Å². The number of carbonyl (C=O) groups excluding carboxylic acids is 2. The van der Waals surface area contributed by atoms with Gasteiger partial charge >= 0.3 is 0 Å². The summed E-state index contributed by atoms with van der Waals surface area (Å²) in [5.74, 6) is 2.35. The molecule has 146 valence electrons. The van der Waals surface area contributed by atoms with Gasteiger partial charge in [-0.25, -0.2) is 15.0 Å². The van der Waals surface area contributed by atoms with Gasteiger partial charge in [0.15, 0.2) is 11.4 Å². The summed E-state index contributed by atoms with van der Waals surface area (Å²) in [5.41, 5.74) is 2.63. The van der Waals surface area contributed by atoms with Gasteiger partial charge in [-0.1, -0.05) is 20.8 Å². The van der Waals surface area contributed by atoms with Crippen LogP contribution in [-0.2, 0) is 4.79 Å². The number of hydrogen-bond donors (Lipinski definition) is 1. The third-order valence-electron chi connectivity index (χ3n) is 4.71. The standard InChI is InChI=1S/C20H23N5O2S/c1-20(2,3)18(27)13-9-22-19-17(13)24-14(10-23-19)12-4-5-21-15(8-12)25-6-7-28-11-16(25)26/h4-5,8-10H,6-7,11,28H2,1-3H3,(H,22,23). The zero-order valence-electron chi connectivity index (χ0n) is 16.1. The van der Waals surface area contributed by atoms with Gasteiger partial charge in [-0.15, -0.1) is 0 Å². The highest BCUT2D eigenvalue weighted by molar-refractivity contribution is 8.00. The van der Waals surface area contributed by atoms with Gasteiger partial charge in [0.1, 0.15) is 11.3 Å². The summed E-state index contributed by atoms with van der Waals surface area (Å²) in [7, 11) is 0. The molecule has 1 fully saturated rings. The molecule has 0 spiro atoms. The minimum absolute atomic E-state index is 0.0142. The smallest absolute Gasteiger partial charge is 0.236 e. The number of aromatic nitrogens is 4. The van der Waals surface area contributed by atoms with Gasteiger partial charge in [0.25, 0.3) is 0 Å². The monoisotopic (exact) mass is 397 g/mol. The molecule has 4 heterocycles. The van der Waals surface area contributed by atoms with E-state index in [9.17, 15) is 9.59 Å². The molecule has 0 aromatic carbocycles. The number of Topliss-reactive ketones (excluding diaryl/α,β-unsaturated/α-hetero) is 1. The van der Waals surface area contributed by atoms with Crippen LogP contribution in [0.25, 0.3) is 22.4 Å². The van der Waals surface area contributed by atoms with Crippen molar-refractivity contribution in [1.82, 2.24) is 19.9 Å². The normalized spacial score (nSPS) is 16.7. The molecular weight excluding hydrogens is 374 g/mol. The Morgan fingerprint density at radius 3 is 2.86 bits per heavy atom. The number of carbonyl (C=O) groups is 2. The first-order valence-corrected chi connectivity index (χ1v) is 10.6. The molecule has 0 unspecified atom stereocenters. The highest BCUT2D eigenvalue weighted by Gasteiger charge is 2.26. The maximum atomic E-state index is 12.7. The van der Waals surface area contributed by atoms with Crippen molar-refractivity contribution in [2.75, 3.05) is 23.0 Å². The van der Waals surface area contributed by atoms with Crippen LogP contribution in [0.1, 0.15) is 31.1 Å². The number of pyridine rings is 1. The number of nitrogens with zero attached hydrogens (tertiary/aromatic N) is 4. The van der Waals surface area contributed by atoms with Gasteiger partial charge in [-0.3, -0.25) is 26.3 Å². The molecular formula is C20H23N5O2S. The number of ketones is 1. The van der Waals surface area contributed by atoms with E-state index in [2.05, 4.69) is 15.0 Å². The lowest BCUT2D eigenvalue weighted by atomic mass is 9.87. The number of amides is 1. The highest BCUT2D eigenvalue weighted by Crippen LogP contribution is 2.28. The Bertz CT molecular complexity index is 1070. The van der Waals surface area contributed by atoms with Crippen LogP contribution in [0, 0.1) is 5.41 Å². The molecule has 1 saturated heterocycles. The van der Waals surface area contributed by atoms with E-state index in [-0.39, 0.29) is 11.7 Å². The SMILES string of the molecule is CC(C)(C)C(=O)c1c[nH]c2ncc(-c3ccnc(N4CC[SH2]CC4=O)c3)nc12. The first kappa shape index (κ1) is 18.6. The zero-order chi connectivity index (χ0) is 19.9. The highest BCUT2D eigenvalue weighted by atomic mass is 32.2. The Morgan fingerprint density at radius 2 is 2.11 bits per heavy atom. The molecule has 0 saturated carbocycles. The fraction of sp³-hybridized carbons (Fsp3) is 0.350. The van der Waals surface area contributed by atoms with Gasteiger partial charge < -0.3 is 4.98 Å². The summed E-state index contributed by atoms with van der Waals surface area (Å²) in [6.07, 6.45) is 5.02. The molecule has 0 radical (unpaired) electrons. The quantitative estimate of drug-likeness (QED) is 0.686. The van der Waals surface area contributed by atoms with Crippen molar-refractivity contribution in [3.05, 3.63) is 36.3 Å². The number of nitrogens with one attached hydrogen (secondary N) is 1. The molecule has 3 aromatic rings. The Morgan fingerprint density at radius 1 is 1.29 bits per heavy atom. The summed E-state index contributed by atoms with van der Waals surface area (Å²) in [6, 6.07) is 3.70. The first-order valence-electron chi connectivity index (χ1n) is 9.21. The molecule has 3 aromatic heterocycles. The van der Waals surface area contributed by atoms with Crippen LogP contribution in [0.4, 0.5) is 5.82 Å². The van der Waals surface area contributed by atoms with Crippen molar-refractivity contribution in [2.24, 2.45) is 5.41 Å². The molecule has 1 aliphatic rings. The predicted molar refractivity (Wildman–Crippen MR) is 113 cm³/mol. The molecule has 7 nitrogen and oxygen atoms in total. The van der Waals surface area contributed by atoms with Gasteiger partial charge in [-0.05, 0) is 17.9 Å². The maximum Gasteiger partial charge on any atom is 0.236 e. The van der Waals surface area contributed by atoms with Crippen molar-refractivity contribution in [3.63, 3.8) is 0 Å². The number of rotatable bonds is 3. The predicted octanol–water partition coefficient (Wildman–Crippen LogP) is 2.79. The van der Waals surface area contributed by atoms with E-state index in [1.165, 1.54) is 0 Å². The molecule has 8 heteroatoms.